The Morgan fingerprint density at radius 3 is 2.50 bits per heavy atom. The summed E-state index contributed by atoms with van der Waals surface area (Å²) in [6.07, 6.45) is 8.00. The van der Waals surface area contributed by atoms with E-state index >= 15 is 0 Å². The highest BCUT2D eigenvalue weighted by Gasteiger charge is 2.40. The van der Waals surface area contributed by atoms with Crippen LogP contribution in [0, 0.1) is 17.3 Å². The van der Waals surface area contributed by atoms with E-state index in [2.05, 4.69) is 39.1 Å². The van der Waals surface area contributed by atoms with Gasteiger partial charge in [-0.1, -0.05) is 39.3 Å². The van der Waals surface area contributed by atoms with Gasteiger partial charge >= 0.3 is 0 Å². The maximum absolute atomic E-state index is 3.73. The molecule has 2 unspecified atom stereocenters. The molecule has 1 aliphatic carbocycles. The molecule has 1 heterocycles. The van der Waals surface area contributed by atoms with Crippen molar-refractivity contribution in [1.82, 2.24) is 5.32 Å². The molecule has 0 amide bonds. The van der Waals surface area contributed by atoms with Gasteiger partial charge in [0.15, 0.2) is 0 Å². The molecule has 1 fully saturated rings. The number of nitrogens with one attached hydrogen (secondary N) is 1. The Hall–Kier alpha value is -0.300. The first-order valence-electron chi connectivity index (χ1n) is 6.95. The molecular weight excluding hydrogens is 194 g/mol. The van der Waals surface area contributed by atoms with Crippen LogP contribution >= 0.6 is 0 Å². The van der Waals surface area contributed by atoms with Crippen molar-refractivity contribution >= 4 is 0 Å². The van der Waals surface area contributed by atoms with Gasteiger partial charge in [0.05, 0.1) is 0 Å². The van der Waals surface area contributed by atoms with Crippen molar-refractivity contribution in [3.63, 3.8) is 0 Å². The van der Waals surface area contributed by atoms with Crippen molar-refractivity contribution < 1.29 is 0 Å². The van der Waals surface area contributed by atoms with Gasteiger partial charge in [-0.15, -0.1) is 0 Å². The predicted octanol–water partition coefficient (Wildman–Crippen LogP) is 3.76. The highest BCUT2D eigenvalue weighted by Crippen LogP contribution is 2.44. The quantitative estimate of drug-likeness (QED) is 0.700. The second kappa shape index (κ2) is 4.52. The highest BCUT2D eigenvalue weighted by molar-refractivity contribution is 5.14. The molecule has 2 atom stereocenters. The molecule has 1 nitrogen and oxygen atoms in total. The first kappa shape index (κ1) is 12.2. The molecule has 92 valence electrons. The Bertz CT molecular complexity index is 277. The molecule has 0 saturated carbocycles. The van der Waals surface area contributed by atoms with E-state index in [4.69, 9.17) is 0 Å². The summed E-state index contributed by atoms with van der Waals surface area (Å²) in [4.78, 5) is 0. The van der Waals surface area contributed by atoms with Crippen LogP contribution in [-0.4, -0.2) is 12.6 Å². The summed E-state index contributed by atoms with van der Waals surface area (Å²) in [5, 5.41) is 3.73. The second-order valence-corrected chi connectivity index (χ2v) is 6.57. The van der Waals surface area contributed by atoms with Crippen LogP contribution in [-0.2, 0) is 0 Å². The summed E-state index contributed by atoms with van der Waals surface area (Å²) in [5.41, 5.74) is 2.30. The second-order valence-electron chi connectivity index (χ2n) is 6.57. The normalized spacial score (nSPS) is 35.1. The minimum atomic E-state index is 0.604. The van der Waals surface area contributed by atoms with Crippen LogP contribution in [0.1, 0.15) is 53.4 Å². The van der Waals surface area contributed by atoms with Crippen molar-refractivity contribution in [2.45, 2.75) is 59.4 Å². The molecule has 2 rings (SSSR count). The van der Waals surface area contributed by atoms with E-state index in [1.165, 1.54) is 32.2 Å². The molecule has 1 N–H and O–H groups in total. The Morgan fingerprint density at radius 1 is 1.31 bits per heavy atom. The average molecular weight is 221 g/mol. The van der Waals surface area contributed by atoms with Crippen LogP contribution in [0.5, 0.6) is 0 Å². The number of rotatable bonds is 2. The van der Waals surface area contributed by atoms with Gasteiger partial charge in [0.1, 0.15) is 0 Å². The molecule has 1 saturated heterocycles. The lowest BCUT2D eigenvalue weighted by Gasteiger charge is -2.33. The smallest absolute Gasteiger partial charge is 0.00961 e. The molecule has 0 bridgehead atoms. The van der Waals surface area contributed by atoms with Gasteiger partial charge in [0.2, 0.25) is 0 Å². The predicted molar refractivity (Wildman–Crippen MR) is 70.5 cm³/mol. The van der Waals surface area contributed by atoms with Crippen LogP contribution in [0.2, 0.25) is 0 Å². The molecule has 1 heteroatoms. The van der Waals surface area contributed by atoms with Crippen LogP contribution in [0.3, 0.4) is 0 Å². The zero-order valence-corrected chi connectivity index (χ0v) is 11.3. The van der Waals surface area contributed by atoms with E-state index in [0.29, 0.717) is 5.41 Å². The van der Waals surface area contributed by atoms with E-state index in [-0.39, 0.29) is 0 Å². The van der Waals surface area contributed by atoms with Crippen LogP contribution in [0.25, 0.3) is 0 Å². The van der Waals surface area contributed by atoms with Gasteiger partial charge in [-0.05, 0) is 42.9 Å². The lowest BCUT2D eigenvalue weighted by Crippen LogP contribution is -2.27. The van der Waals surface area contributed by atoms with Crippen molar-refractivity contribution in [2.75, 3.05) is 6.54 Å². The lowest BCUT2D eigenvalue weighted by molar-refractivity contribution is 0.267. The first-order valence-corrected chi connectivity index (χ1v) is 6.95. The third kappa shape index (κ3) is 2.34. The van der Waals surface area contributed by atoms with Gasteiger partial charge in [-0.2, -0.15) is 0 Å². The zero-order valence-electron chi connectivity index (χ0n) is 11.3. The summed E-state index contributed by atoms with van der Waals surface area (Å²) < 4.78 is 0. The summed E-state index contributed by atoms with van der Waals surface area (Å²) in [6.45, 7) is 10.6. The fourth-order valence-electron chi connectivity index (χ4n) is 3.26. The number of allylic oxidation sites excluding steroid dienone is 2. The minimum Gasteiger partial charge on any atom is -0.313 e. The topological polar surface area (TPSA) is 12.0 Å². The Morgan fingerprint density at radius 2 is 2.06 bits per heavy atom. The Kier molecular flexibility index (Phi) is 3.44. The lowest BCUT2D eigenvalue weighted by atomic mass is 9.71. The van der Waals surface area contributed by atoms with E-state index in [0.717, 1.165) is 17.9 Å². The van der Waals surface area contributed by atoms with E-state index < -0.39 is 0 Å². The SMILES string of the molecule is CC(C)C1=CCC2(CC1)CNC(C(C)C)C2. The molecule has 1 spiro atoms. The molecule has 0 aromatic carbocycles. The molecule has 0 radical (unpaired) electrons. The van der Waals surface area contributed by atoms with Gasteiger partial charge in [0.25, 0.3) is 0 Å². The third-order valence-corrected chi connectivity index (χ3v) is 4.68. The molecule has 16 heavy (non-hydrogen) atoms. The Balaban J connectivity index is 1.98. The van der Waals surface area contributed by atoms with Crippen molar-refractivity contribution in [2.24, 2.45) is 17.3 Å². The fourth-order valence-corrected chi connectivity index (χ4v) is 3.26. The standard InChI is InChI=1S/C15H27N/c1-11(2)13-5-7-15(8-6-13)9-14(12(3)4)16-10-15/h5,11-12,14,16H,6-10H2,1-4H3. The molecule has 0 aromatic heterocycles. The van der Waals surface area contributed by atoms with Gasteiger partial charge in [0, 0.05) is 12.6 Å². The average Bonchev–Trinajstić information content (AvgIpc) is 2.63. The minimum absolute atomic E-state index is 0.604. The summed E-state index contributed by atoms with van der Waals surface area (Å²) in [7, 11) is 0. The monoisotopic (exact) mass is 221 g/mol. The maximum Gasteiger partial charge on any atom is 0.00961 e. The third-order valence-electron chi connectivity index (χ3n) is 4.68. The van der Waals surface area contributed by atoms with Crippen molar-refractivity contribution in [3.05, 3.63) is 11.6 Å². The summed E-state index contributed by atoms with van der Waals surface area (Å²) in [5.74, 6) is 1.54. The summed E-state index contributed by atoms with van der Waals surface area (Å²) in [6, 6.07) is 0.758. The zero-order chi connectivity index (χ0) is 11.8. The van der Waals surface area contributed by atoms with Gasteiger partial charge in [-0.3, -0.25) is 0 Å². The highest BCUT2D eigenvalue weighted by atomic mass is 15.0. The molecule has 1 aliphatic heterocycles. The molecule has 0 aromatic rings. The largest absolute Gasteiger partial charge is 0.313 e. The van der Waals surface area contributed by atoms with Gasteiger partial charge < -0.3 is 5.32 Å². The fraction of sp³-hybridized carbons (Fsp3) is 0.867. The number of hydrogen-bond acceptors (Lipinski definition) is 1. The van der Waals surface area contributed by atoms with E-state index in [1.54, 1.807) is 5.57 Å². The maximum atomic E-state index is 3.73. The van der Waals surface area contributed by atoms with Crippen LogP contribution in [0.4, 0.5) is 0 Å². The van der Waals surface area contributed by atoms with E-state index in [9.17, 15) is 0 Å². The van der Waals surface area contributed by atoms with Gasteiger partial charge in [-0.25, -0.2) is 0 Å². The van der Waals surface area contributed by atoms with Crippen molar-refractivity contribution in [3.8, 4) is 0 Å². The van der Waals surface area contributed by atoms with Crippen LogP contribution < -0.4 is 5.32 Å². The first-order chi connectivity index (χ1) is 7.52. The summed E-state index contributed by atoms with van der Waals surface area (Å²) >= 11 is 0. The van der Waals surface area contributed by atoms with Crippen molar-refractivity contribution in [1.29, 1.82) is 0 Å². The Labute approximate surface area is 101 Å². The van der Waals surface area contributed by atoms with Crippen LogP contribution in [0.15, 0.2) is 11.6 Å². The van der Waals surface area contributed by atoms with E-state index in [1.807, 2.05) is 0 Å². The molecule has 2 aliphatic rings. The molecular formula is C15H27N. The number of hydrogen-bond donors (Lipinski definition) is 1.